The summed E-state index contributed by atoms with van der Waals surface area (Å²) in [6.07, 6.45) is 2.61. The van der Waals surface area contributed by atoms with Crippen LogP contribution in [-0.2, 0) is 6.61 Å². The summed E-state index contributed by atoms with van der Waals surface area (Å²) in [6, 6.07) is 6.87. The lowest BCUT2D eigenvalue weighted by Gasteiger charge is -2.28. The molecule has 0 unspecified atom stereocenters. The average molecular weight is 298 g/mol. The Balaban J connectivity index is 2.23. The Morgan fingerprint density at radius 1 is 1.41 bits per heavy atom. The largest absolute Gasteiger partial charge is 0.392 e. The van der Waals surface area contributed by atoms with Gasteiger partial charge in [-0.15, -0.1) is 0 Å². The van der Waals surface area contributed by atoms with Crippen molar-refractivity contribution in [2.24, 2.45) is 5.92 Å². The Bertz CT molecular complexity index is 388. The zero-order valence-electron chi connectivity index (χ0n) is 10.5. The van der Waals surface area contributed by atoms with E-state index in [0.717, 1.165) is 16.6 Å². The molecule has 2 rings (SSSR count). The Labute approximate surface area is 112 Å². The van der Waals surface area contributed by atoms with Crippen LogP contribution < -0.4 is 4.90 Å². The lowest BCUT2D eigenvalue weighted by atomic mass is 10.1. The van der Waals surface area contributed by atoms with E-state index in [1.165, 1.54) is 18.5 Å². The third kappa shape index (κ3) is 3.23. The zero-order chi connectivity index (χ0) is 12.4. The molecular formula is C14H20BrNO. The van der Waals surface area contributed by atoms with Gasteiger partial charge in [0.25, 0.3) is 0 Å². The Hall–Kier alpha value is -0.540. The number of aliphatic hydroxyl groups is 1. The number of halogens is 1. The molecule has 1 aromatic rings. The molecule has 0 bridgehead atoms. The van der Waals surface area contributed by atoms with Crippen molar-refractivity contribution in [2.45, 2.75) is 39.3 Å². The van der Waals surface area contributed by atoms with Crippen LogP contribution in [-0.4, -0.2) is 17.7 Å². The Kier molecular flexibility index (Phi) is 4.10. The molecule has 0 heterocycles. The lowest BCUT2D eigenvalue weighted by molar-refractivity contribution is 0.282. The van der Waals surface area contributed by atoms with Crippen LogP contribution in [0.1, 0.15) is 32.3 Å². The number of rotatable bonds is 5. The van der Waals surface area contributed by atoms with E-state index in [1.54, 1.807) is 0 Å². The quantitative estimate of drug-likeness (QED) is 0.898. The van der Waals surface area contributed by atoms with Crippen molar-refractivity contribution < 1.29 is 5.11 Å². The molecule has 0 spiro atoms. The summed E-state index contributed by atoms with van der Waals surface area (Å²) in [6.45, 7) is 5.71. The molecular weight excluding hydrogens is 278 g/mol. The van der Waals surface area contributed by atoms with Crippen molar-refractivity contribution in [3.8, 4) is 0 Å². The highest BCUT2D eigenvalue weighted by Crippen LogP contribution is 2.36. The fourth-order valence-corrected chi connectivity index (χ4v) is 2.76. The first-order chi connectivity index (χ1) is 8.11. The number of hydrogen-bond donors (Lipinski definition) is 1. The van der Waals surface area contributed by atoms with E-state index in [4.69, 9.17) is 5.11 Å². The maximum atomic E-state index is 9.12. The van der Waals surface area contributed by atoms with Crippen molar-refractivity contribution in [2.75, 3.05) is 11.4 Å². The van der Waals surface area contributed by atoms with Crippen LogP contribution >= 0.6 is 15.9 Å². The Morgan fingerprint density at radius 2 is 2.12 bits per heavy atom. The van der Waals surface area contributed by atoms with Crippen LogP contribution in [0.4, 0.5) is 5.69 Å². The first-order valence-corrected chi connectivity index (χ1v) is 7.07. The number of hydrogen-bond acceptors (Lipinski definition) is 2. The lowest BCUT2D eigenvalue weighted by Crippen LogP contribution is -2.30. The van der Waals surface area contributed by atoms with Crippen LogP contribution in [0.15, 0.2) is 22.7 Å². The molecule has 3 heteroatoms. The van der Waals surface area contributed by atoms with E-state index in [-0.39, 0.29) is 6.61 Å². The molecule has 0 amide bonds. The second kappa shape index (κ2) is 5.40. The number of benzene rings is 1. The molecule has 1 fully saturated rings. The van der Waals surface area contributed by atoms with Gasteiger partial charge in [-0.1, -0.05) is 19.9 Å². The van der Waals surface area contributed by atoms with Gasteiger partial charge in [0.2, 0.25) is 0 Å². The topological polar surface area (TPSA) is 23.5 Å². The minimum Gasteiger partial charge on any atom is -0.392 e. The van der Waals surface area contributed by atoms with Crippen molar-refractivity contribution in [3.05, 3.63) is 28.2 Å². The molecule has 0 saturated heterocycles. The van der Waals surface area contributed by atoms with E-state index < -0.39 is 0 Å². The van der Waals surface area contributed by atoms with Crippen LogP contribution in [0.25, 0.3) is 0 Å². The third-order valence-corrected chi connectivity index (χ3v) is 3.69. The standard InChI is InChI=1S/C14H20BrNO/c1-10(2)8-16(12-4-5-12)14-6-3-11(9-17)7-13(14)15/h3,6-7,10,12,17H,4-5,8-9H2,1-2H3. The molecule has 1 N–H and O–H groups in total. The first-order valence-electron chi connectivity index (χ1n) is 6.27. The van der Waals surface area contributed by atoms with Crippen LogP contribution in [0.2, 0.25) is 0 Å². The van der Waals surface area contributed by atoms with Gasteiger partial charge in [0.1, 0.15) is 0 Å². The summed E-state index contributed by atoms with van der Waals surface area (Å²) in [7, 11) is 0. The highest BCUT2D eigenvalue weighted by Gasteiger charge is 2.30. The van der Waals surface area contributed by atoms with Gasteiger partial charge < -0.3 is 10.0 Å². The van der Waals surface area contributed by atoms with E-state index in [1.807, 2.05) is 12.1 Å². The summed E-state index contributed by atoms with van der Waals surface area (Å²) < 4.78 is 1.09. The summed E-state index contributed by atoms with van der Waals surface area (Å²) in [5, 5.41) is 9.12. The minimum atomic E-state index is 0.104. The van der Waals surface area contributed by atoms with Crippen molar-refractivity contribution in [1.29, 1.82) is 0 Å². The zero-order valence-corrected chi connectivity index (χ0v) is 12.1. The maximum absolute atomic E-state index is 9.12. The fraction of sp³-hybridized carbons (Fsp3) is 0.571. The van der Waals surface area contributed by atoms with Gasteiger partial charge >= 0.3 is 0 Å². The molecule has 1 aliphatic rings. The molecule has 17 heavy (non-hydrogen) atoms. The molecule has 0 atom stereocenters. The normalized spacial score (nSPS) is 15.4. The van der Waals surface area contributed by atoms with Gasteiger partial charge in [0, 0.05) is 17.1 Å². The van der Waals surface area contributed by atoms with Crippen LogP contribution in [0.3, 0.4) is 0 Å². The van der Waals surface area contributed by atoms with Gasteiger partial charge in [-0.2, -0.15) is 0 Å². The molecule has 1 aliphatic carbocycles. The number of anilines is 1. The average Bonchev–Trinajstić information content (AvgIpc) is 3.09. The van der Waals surface area contributed by atoms with Crippen LogP contribution in [0.5, 0.6) is 0 Å². The monoisotopic (exact) mass is 297 g/mol. The van der Waals surface area contributed by atoms with E-state index in [2.05, 4.69) is 40.7 Å². The summed E-state index contributed by atoms with van der Waals surface area (Å²) in [5.41, 5.74) is 2.22. The van der Waals surface area contributed by atoms with E-state index >= 15 is 0 Å². The summed E-state index contributed by atoms with van der Waals surface area (Å²) in [5.74, 6) is 0.667. The van der Waals surface area contributed by atoms with Gasteiger partial charge in [0.05, 0.1) is 12.3 Å². The third-order valence-electron chi connectivity index (χ3n) is 3.05. The minimum absolute atomic E-state index is 0.104. The second-order valence-corrected chi connectivity index (χ2v) is 6.08. The molecule has 94 valence electrons. The first kappa shape index (κ1) is 12.9. The number of nitrogens with zero attached hydrogens (tertiary/aromatic N) is 1. The van der Waals surface area contributed by atoms with Crippen LogP contribution in [0, 0.1) is 5.92 Å². The molecule has 0 aromatic heterocycles. The van der Waals surface area contributed by atoms with E-state index in [0.29, 0.717) is 12.0 Å². The van der Waals surface area contributed by atoms with Crippen molar-refractivity contribution in [3.63, 3.8) is 0 Å². The smallest absolute Gasteiger partial charge is 0.0682 e. The molecule has 0 aliphatic heterocycles. The highest BCUT2D eigenvalue weighted by atomic mass is 79.9. The fourth-order valence-electron chi connectivity index (χ4n) is 2.11. The van der Waals surface area contributed by atoms with Gasteiger partial charge in [0.15, 0.2) is 0 Å². The van der Waals surface area contributed by atoms with E-state index in [9.17, 15) is 0 Å². The highest BCUT2D eigenvalue weighted by molar-refractivity contribution is 9.10. The predicted molar refractivity (Wildman–Crippen MR) is 75.3 cm³/mol. The molecule has 1 saturated carbocycles. The maximum Gasteiger partial charge on any atom is 0.0682 e. The molecule has 2 nitrogen and oxygen atoms in total. The molecule has 0 radical (unpaired) electrons. The van der Waals surface area contributed by atoms with Gasteiger partial charge in [-0.3, -0.25) is 0 Å². The summed E-state index contributed by atoms with van der Waals surface area (Å²) in [4.78, 5) is 2.50. The second-order valence-electron chi connectivity index (χ2n) is 5.22. The summed E-state index contributed by atoms with van der Waals surface area (Å²) >= 11 is 3.62. The predicted octanol–water partition coefficient (Wildman–Crippen LogP) is 3.57. The number of aliphatic hydroxyl groups excluding tert-OH is 1. The van der Waals surface area contributed by atoms with Gasteiger partial charge in [-0.05, 0) is 52.4 Å². The Morgan fingerprint density at radius 3 is 2.59 bits per heavy atom. The van der Waals surface area contributed by atoms with Crippen molar-refractivity contribution >= 4 is 21.6 Å². The van der Waals surface area contributed by atoms with Crippen molar-refractivity contribution in [1.82, 2.24) is 0 Å². The van der Waals surface area contributed by atoms with Gasteiger partial charge in [-0.25, -0.2) is 0 Å². The SMILES string of the molecule is CC(C)CN(c1ccc(CO)cc1Br)C1CC1. The molecule has 1 aromatic carbocycles.